The topological polar surface area (TPSA) is 108 Å². The number of hydrogen-bond acceptors (Lipinski definition) is 4. The molecule has 0 radical (unpaired) electrons. The summed E-state index contributed by atoms with van der Waals surface area (Å²) in [7, 11) is -3.59. The van der Waals surface area contributed by atoms with Crippen molar-refractivity contribution in [1.82, 2.24) is 14.9 Å². The van der Waals surface area contributed by atoms with Crippen LogP contribution in [0.5, 0.6) is 0 Å². The number of rotatable bonds is 7. The molecule has 4 aliphatic rings. The highest BCUT2D eigenvalue weighted by atomic mass is 32.2. The van der Waals surface area contributed by atoms with Crippen molar-refractivity contribution in [2.24, 2.45) is 0 Å². The van der Waals surface area contributed by atoms with Crippen molar-refractivity contribution in [3.05, 3.63) is 65.0 Å². The zero-order valence-corrected chi connectivity index (χ0v) is 23.6. The predicted octanol–water partition coefficient (Wildman–Crippen LogP) is 4.55. The Balaban J connectivity index is 1.18. The Morgan fingerprint density at radius 1 is 0.949 bits per heavy atom. The molecule has 2 aromatic rings. The first-order valence-electron chi connectivity index (χ1n) is 13.5. The fourth-order valence-electron chi connectivity index (χ4n) is 6.74. The van der Waals surface area contributed by atoms with Crippen molar-refractivity contribution in [1.29, 1.82) is 0 Å². The predicted molar refractivity (Wildman–Crippen MR) is 148 cm³/mol. The summed E-state index contributed by atoms with van der Waals surface area (Å²) in [6, 6.07) is 12.4. The van der Waals surface area contributed by atoms with Gasteiger partial charge >= 0.3 is 6.03 Å². The van der Waals surface area contributed by atoms with Gasteiger partial charge in [0, 0.05) is 36.8 Å². The van der Waals surface area contributed by atoms with Gasteiger partial charge in [0.05, 0.1) is 5.75 Å². The van der Waals surface area contributed by atoms with Crippen LogP contribution in [-0.4, -0.2) is 42.1 Å². The van der Waals surface area contributed by atoms with Gasteiger partial charge in [-0.15, -0.1) is 0 Å². The standard InChI is InChI=1S/C29H37FN4O4S/c1-20(35)32-27(2,3)19-39(37,38)33-29-13-10-28(11-14-29,12-15-29)23-5-8-25(9-6-23)31-26(36)34-17-21-4-7-24(30)16-22(21)18-34/h4-9,16,33H,10-15,17-19H2,1-3H3,(H,31,36)(H,32,35). The molecule has 3 fully saturated rings. The maximum Gasteiger partial charge on any atom is 0.322 e. The quantitative estimate of drug-likeness (QED) is 0.465. The third-order valence-corrected chi connectivity index (χ3v) is 10.5. The number of hydrogen-bond donors (Lipinski definition) is 3. The summed E-state index contributed by atoms with van der Waals surface area (Å²) < 4.78 is 42.5. The number of amides is 3. The molecule has 2 bridgehead atoms. The molecule has 0 unspecified atom stereocenters. The number of urea groups is 1. The lowest BCUT2D eigenvalue weighted by Crippen LogP contribution is -2.60. The molecule has 0 saturated heterocycles. The summed E-state index contributed by atoms with van der Waals surface area (Å²) in [4.78, 5) is 25.9. The van der Waals surface area contributed by atoms with Crippen molar-refractivity contribution in [3.8, 4) is 0 Å². The van der Waals surface area contributed by atoms with E-state index in [0.29, 0.717) is 18.8 Å². The normalized spacial score (nSPS) is 24.4. The summed E-state index contributed by atoms with van der Waals surface area (Å²) in [5.41, 5.74) is 2.44. The van der Waals surface area contributed by atoms with Gasteiger partial charge in [0.1, 0.15) is 5.82 Å². The highest BCUT2D eigenvalue weighted by molar-refractivity contribution is 7.89. The van der Waals surface area contributed by atoms with E-state index >= 15 is 0 Å². The average molecular weight is 557 g/mol. The second kappa shape index (κ2) is 9.89. The molecule has 3 amide bonds. The second-order valence-electron chi connectivity index (χ2n) is 12.3. The summed E-state index contributed by atoms with van der Waals surface area (Å²) >= 11 is 0. The summed E-state index contributed by atoms with van der Waals surface area (Å²) in [6.45, 7) is 5.67. The largest absolute Gasteiger partial charge is 0.350 e. The van der Waals surface area contributed by atoms with Crippen molar-refractivity contribution in [2.45, 2.75) is 88.9 Å². The van der Waals surface area contributed by atoms with Gasteiger partial charge in [0.2, 0.25) is 15.9 Å². The Kier molecular flexibility index (Phi) is 6.99. The van der Waals surface area contributed by atoms with Crippen LogP contribution in [0.3, 0.4) is 0 Å². The van der Waals surface area contributed by atoms with Crippen LogP contribution < -0.4 is 15.4 Å². The molecule has 8 nitrogen and oxygen atoms in total. The Hall–Kier alpha value is -2.98. The van der Waals surface area contributed by atoms with Crippen molar-refractivity contribution >= 4 is 27.6 Å². The number of benzene rings is 2. The minimum absolute atomic E-state index is 0.00581. The molecule has 0 atom stereocenters. The Morgan fingerprint density at radius 3 is 2.18 bits per heavy atom. The van der Waals surface area contributed by atoms with Gasteiger partial charge in [-0.3, -0.25) is 4.79 Å². The molecule has 1 heterocycles. The summed E-state index contributed by atoms with van der Waals surface area (Å²) in [5.74, 6) is -0.714. The number of carbonyl (C=O) groups is 2. The lowest BCUT2D eigenvalue weighted by molar-refractivity contribution is -0.120. The second-order valence-corrected chi connectivity index (χ2v) is 14.0. The van der Waals surface area contributed by atoms with E-state index in [0.717, 1.165) is 49.7 Å². The Bertz CT molecular complexity index is 1370. The lowest BCUT2D eigenvalue weighted by atomic mass is 9.55. The van der Waals surface area contributed by atoms with Crippen molar-refractivity contribution < 1.29 is 22.4 Å². The molecule has 3 aliphatic carbocycles. The third-order valence-electron chi connectivity index (χ3n) is 8.61. The molecule has 10 heteroatoms. The number of anilines is 1. The van der Waals surface area contributed by atoms with Crippen LogP contribution in [-0.2, 0) is 33.3 Å². The van der Waals surface area contributed by atoms with E-state index in [9.17, 15) is 22.4 Å². The van der Waals surface area contributed by atoms with E-state index in [-0.39, 0.29) is 28.9 Å². The molecule has 3 saturated carbocycles. The smallest absolute Gasteiger partial charge is 0.322 e. The molecule has 0 spiro atoms. The van der Waals surface area contributed by atoms with E-state index < -0.39 is 21.1 Å². The molecule has 1 aliphatic heterocycles. The highest BCUT2D eigenvalue weighted by Gasteiger charge is 2.51. The van der Waals surface area contributed by atoms with Crippen LogP contribution in [0.15, 0.2) is 42.5 Å². The van der Waals surface area contributed by atoms with E-state index in [1.54, 1.807) is 24.8 Å². The molecular formula is C29H37FN4O4S. The average Bonchev–Trinajstić information content (AvgIpc) is 3.27. The van der Waals surface area contributed by atoms with Crippen LogP contribution >= 0.6 is 0 Å². The fourth-order valence-corrected chi connectivity index (χ4v) is 8.80. The van der Waals surface area contributed by atoms with Gasteiger partial charge in [-0.2, -0.15) is 0 Å². The number of nitrogens with one attached hydrogen (secondary N) is 3. The van der Waals surface area contributed by atoms with E-state index in [4.69, 9.17) is 0 Å². The monoisotopic (exact) mass is 556 g/mol. The molecule has 210 valence electrons. The van der Waals surface area contributed by atoms with Gasteiger partial charge in [0.25, 0.3) is 0 Å². The molecular weight excluding hydrogens is 519 g/mol. The van der Waals surface area contributed by atoms with Crippen molar-refractivity contribution in [3.63, 3.8) is 0 Å². The van der Waals surface area contributed by atoms with Crippen LogP contribution in [0, 0.1) is 5.82 Å². The van der Waals surface area contributed by atoms with E-state index in [1.165, 1.54) is 24.6 Å². The SMILES string of the molecule is CC(=O)NC(C)(C)CS(=O)(=O)NC12CCC(c3ccc(NC(=O)N4Cc5ccc(F)cc5C4)cc3)(CC1)CC2. The van der Waals surface area contributed by atoms with Gasteiger partial charge in [0.15, 0.2) is 0 Å². The maximum absolute atomic E-state index is 13.5. The van der Waals surface area contributed by atoms with Gasteiger partial charge in [-0.25, -0.2) is 22.3 Å². The number of nitrogens with zero attached hydrogens (tertiary/aromatic N) is 1. The number of fused-ring (bicyclic) bond motifs is 4. The first-order valence-corrected chi connectivity index (χ1v) is 15.2. The molecule has 39 heavy (non-hydrogen) atoms. The van der Waals surface area contributed by atoms with E-state index in [2.05, 4.69) is 27.5 Å². The van der Waals surface area contributed by atoms with E-state index in [1.807, 2.05) is 12.1 Å². The number of sulfonamides is 1. The maximum atomic E-state index is 13.5. The van der Waals surface area contributed by atoms with Crippen LogP contribution in [0.4, 0.5) is 14.9 Å². The molecule has 0 aromatic heterocycles. The first-order chi connectivity index (χ1) is 18.3. The lowest BCUT2D eigenvalue weighted by Gasteiger charge is -2.54. The molecule has 2 aromatic carbocycles. The summed E-state index contributed by atoms with van der Waals surface area (Å²) in [6.07, 6.45) is 4.96. The number of carbonyl (C=O) groups excluding carboxylic acids is 2. The fraction of sp³-hybridized carbons (Fsp3) is 0.517. The first kappa shape index (κ1) is 27.6. The Morgan fingerprint density at radius 2 is 1.56 bits per heavy atom. The third kappa shape index (κ3) is 5.96. The van der Waals surface area contributed by atoms with Gasteiger partial charge in [-0.05, 0) is 98.7 Å². The molecule has 6 rings (SSSR count). The zero-order valence-electron chi connectivity index (χ0n) is 22.8. The minimum atomic E-state index is -3.59. The van der Waals surface area contributed by atoms with Gasteiger partial charge in [-0.1, -0.05) is 18.2 Å². The number of halogens is 1. The molecule has 3 N–H and O–H groups in total. The Labute approximate surface area is 229 Å². The van der Waals surface area contributed by atoms with Crippen molar-refractivity contribution in [2.75, 3.05) is 11.1 Å². The van der Waals surface area contributed by atoms with Crippen LogP contribution in [0.25, 0.3) is 0 Å². The van der Waals surface area contributed by atoms with Crippen LogP contribution in [0.2, 0.25) is 0 Å². The van der Waals surface area contributed by atoms with Crippen LogP contribution in [0.1, 0.15) is 76.0 Å². The highest BCUT2D eigenvalue weighted by Crippen LogP contribution is 2.54. The summed E-state index contributed by atoms with van der Waals surface area (Å²) in [5, 5.41) is 5.67. The van der Waals surface area contributed by atoms with Gasteiger partial charge < -0.3 is 15.5 Å². The minimum Gasteiger partial charge on any atom is -0.350 e. The zero-order chi connectivity index (χ0) is 28.1.